The van der Waals surface area contributed by atoms with Gasteiger partial charge in [-0.3, -0.25) is 0 Å². The Balaban J connectivity index is 3.02. The molecule has 0 spiro atoms. The van der Waals surface area contributed by atoms with E-state index in [9.17, 15) is 4.46 Å². The van der Waals surface area contributed by atoms with Crippen LogP contribution in [0.2, 0.25) is 0 Å². The molecule has 0 radical (unpaired) electrons. The maximum absolute atomic E-state index is 9.88. The van der Waals surface area contributed by atoms with Crippen LogP contribution in [0.25, 0.3) is 0 Å². The standard InChI is InChI=1S/4FH.Gd/h4*1H;/q;;;;+4/p-4. The Bertz CT molecular complexity index is 19.1. The molecule has 0 aromatic heterocycles. The molecule has 0 aliphatic rings. The molecule has 0 nitrogen and oxygen atoms in total. The van der Waals surface area contributed by atoms with Gasteiger partial charge in [-0.25, -0.2) is 0 Å². The Hall–Kier alpha value is 1.04. The summed E-state index contributed by atoms with van der Waals surface area (Å²) in [5, 5.41) is 0. The summed E-state index contributed by atoms with van der Waals surface area (Å²) in [6.45, 7) is 0. The minimum atomic E-state index is -7.06. The van der Waals surface area contributed by atoms with Gasteiger partial charge in [-0.05, 0) is 0 Å². The van der Waals surface area contributed by atoms with E-state index in [-0.39, 0.29) is 0 Å². The van der Waals surface area contributed by atoms with Gasteiger partial charge in [-0.1, -0.05) is 0 Å². The number of hydrogen-bond donors (Lipinski definition) is 0. The van der Waals surface area contributed by atoms with Crippen molar-refractivity contribution in [3.8, 4) is 0 Å². The molecule has 0 heterocycles. The summed E-state index contributed by atoms with van der Waals surface area (Å²) in [5.74, 6) is 0. The van der Waals surface area contributed by atoms with E-state index in [1.807, 2.05) is 0 Å². The van der Waals surface area contributed by atoms with E-state index < -0.39 is 35.0 Å². The molecule has 0 rings (SSSR count). The molecular formula is F4Gd. The van der Waals surface area contributed by atoms with Gasteiger partial charge in [0.2, 0.25) is 0 Å². The fourth-order valence-corrected chi connectivity index (χ4v) is 0. The second-order valence-corrected chi connectivity index (χ2v) is 2.25. The van der Waals surface area contributed by atoms with Gasteiger partial charge < -0.3 is 0 Å². The average Bonchev–Trinajstić information content (AvgIpc) is 0.722. The first kappa shape index (κ1) is 6.04. The van der Waals surface area contributed by atoms with Crippen molar-refractivity contribution in [2.24, 2.45) is 0 Å². The van der Waals surface area contributed by atoms with Crippen LogP contribution in [-0.4, -0.2) is 0 Å². The molecule has 0 N–H and O–H groups in total. The predicted molar refractivity (Wildman–Crippen MR) is 4.43 cm³/mol. The summed E-state index contributed by atoms with van der Waals surface area (Å²) in [4.78, 5) is 0. The van der Waals surface area contributed by atoms with E-state index in [1.54, 1.807) is 0 Å². The predicted octanol–water partition coefficient (Wildman–Crippen LogP) is 1.68. The molecule has 0 aromatic carbocycles. The molecule has 0 saturated heterocycles. The summed E-state index contributed by atoms with van der Waals surface area (Å²) in [5.41, 5.74) is 0. The average molecular weight is 233 g/mol. The normalized spacial score (nSPS) is 15.2. The van der Waals surface area contributed by atoms with E-state index in [4.69, 9.17) is 0 Å². The van der Waals surface area contributed by atoms with Gasteiger partial charge in [0, 0.05) is 0 Å². The van der Waals surface area contributed by atoms with Crippen molar-refractivity contribution < 1.29 is 39.5 Å². The van der Waals surface area contributed by atoms with E-state index in [0.717, 1.165) is 0 Å². The molecule has 0 aromatic rings. The van der Waals surface area contributed by atoms with Crippen LogP contribution in [0, 0.1) is 35.0 Å². The van der Waals surface area contributed by atoms with Crippen LogP contribution >= 0.6 is 0 Å². The molecule has 0 amide bonds. The topological polar surface area (TPSA) is 0 Å². The Labute approximate surface area is 39.2 Å². The second kappa shape index (κ2) is 1.66. The third kappa shape index (κ3) is 42.9. The van der Waals surface area contributed by atoms with Gasteiger partial charge in [0.15, 0.2) is 0 Å². The van der Waals surface area contributed by atoms with Gasteiger partial charge in [-0.15, -0.1) is 0 Å². The van der Waals surface area contributed by atoms with Crippen molar-refractivity contribution in [3.05, 3.63) is 0 Å². The molecular weight excluding hydrogens is 233 g/mol. The Morgan fingerprint density at radius 1 is 0.800 bits per heavy atom. The van der Waals surface area contributed by atoms with Gasteiger partial charge in [0.1, 0.15) is 0 Å². The molecule has 0 fully saturated rings. The summed E-state index contributed by atoms with van der Waals surface area (Å²) >= 11 is -7.06. The second-order valence-electron chi connectivity index (χ2n) is 0.303. The fraction of sp³-hybridized carbons (Fsp3) is 0. The summed E-state index contributed by atoms with van der Waals surface area (Å²) in [7, 11) is 0. The zero-order valence-corrected chi connectivity index (χ0v) is 4.13. The van der Waals surface area contributed by atoms with Crippen molar-refractivity contribution in [2.75, 3.05) is 0 Å². The fourth-order valence-electron chi connectivity index (χ4n) is 0. The molecule has 0 saturated carbocycles. The molecule has 0 atom stereocenters. The molecule has 5 heavy (non-hydrogen) atoms. The Kier molecular flexibility index (Phi) is 2.01. The molecule has 5 heteroatoms. The summed E-state index contributed by atoms with van der Waals surface area (Å²) < 4.78 is 39.5. The molecule has 0 aliphatic heterocycles. The Morgan fingerprint density at radius 2 is 0.800 bits per heavy atom. The van der Waals surface area contributed by atoms with Gasteiger partial charge >= 0.3 is 39.5 Å². The van der Waals surface area contributed by atoms with Crippen LogP contribution in [-0.2, 0) is 0 Å². The summed E-state index contributed by atoms with van der Waals surface area (Å²) in [6, 6.07) is 0. The molecule has 0 aliphatic carbocycles. The third-order valence-electron chi connectivity index (χ3n) is 0. The van der Waals surface area contributed by atoms with Gasteiger partial charge in [-0.2, -0.15) is 0 Å². The van der Waals surface area contributed by atoms with Crippen molar-refractivity contribution in [2.45, 2.75) is 0 Å². The number of hydrogen-bond acceptors (Lipinski definition) is 0. The van der Waals surface area contributed by atoms with Crippen molar-refractivity contribution in [1.29, 1.82) is 0 Å². The van der Waals surface area contributed by atoms with E-state index in [1.165, 1.54) is 0 Å². The molecule has 0 unspecified atom stereocenters. The van der Waals surface area contributed by atoms with E-state index >= 15 is 0 Å². The van der Waals surface area contributed by atoms with Crippen LogP contribution in [0.15, 0.2) is 0 Å². The van der Waals surface area contributed by atoms with E-state index in [2.05, 4.69) is 0 Å². The van der Waals surface area contributed by atoms with Gasteiger partial charge in [0.25, 0.3) is 0 Å². The van der Waals surface area contributed by atoms with Crippen molar-refractivity contribution in [3.63, 3.8) is 0 Å². The van der Waals surface area contributed by atoms with Crippen LogP contribution in [0.4, 0.5) is 4.46 Å². The number of rotatable bonds is 0. The molecule has 0 bridgehead atoms. The van der Waals surface area contributed by atoms with Gasteiger partial charge in [0.05, 0.1) is 0 Å². The first-order valence-corrected chi connectivity index (χ1v) is 3.96. The summed E-state index contributed by atoms with van der Waals surface area (Å²) in [6.07, 6.45) is 0. The molecule has 36 valence electrons. The van der Waals surface area contributed by atoms with Crippen LogP contribution in [0.3, 0.4) is 0 Å². The van der Waals surface area contributed by atoms with Crippen molar-refractivity contribution in [1.82, 2.24) is 0 Å². The zero-order valence-electron chi connectivity index (χ0n) is 1.87. The minimum absolute atomic E-state index is 7.06. The first-order valence-electron chi connectivity index (χ1n) is 0.535. The Morgan fingerprint density at radius 3 is 0.800 bits per heavy atom. The van der Waals surface area contributed by atoms with Crippen LogP contribution in [0.5, 0.6) is 0 Å². The van der Waals surface area contributed by atoms with Crippen LogP contribution < -0.4 is 0 Å². The number of halogens is 4. The zero-order chi connectivity index (χ0) is 4.50. The maximum atomic E-state index is 9.88. The first-order chi connectivity index (χ1) is 2.00. The van der Waals surface area contributed by atoms with E-state index in [0.29, 0.717) is 0 Å². The monoisotopic (exact) mass is 234 g/mol. The van der Waals surface area contributed by atoms with Crippen molar-refractivity contribution >= 4 is 0 Å². The quantitative estimate of drug-likeness (QED) is 0.558. The SMILES string of the molecule is [F][Gd]([F])([F])[F]. The third-order valence-corrected chi connectivity index (χ3v) is 0. The van der Waals surface area contributed by atoms with Crippen LogP contribution in [0.1, 0.15) is 0 Å².